The molecular formula is C18H21NO4. The lowest BCUT2D eigenvalue weighted by molar-refractivity contribution is 0.104. The molecule has 0 aliphatic heterocycles. The molecule has 0 aliphatic rings. The molecule has 0 spiro atoms. The van der Waals surface area contributed by atoms with Crippen LogP contribution in [0.2, 0.25) is 0 Å². The molecule has 5 heteroatoms. The number of nitrogens with zero attached hydrogens (tertiary/aromatic N) is 1. The molecule has 1 N–H and O–H groups in total. The van der Waals surface area contributed by atoms with Crippen molar-refractivity contribution in [3.05, 3.63) is 51.5 Å². The number of hydrogen-bond donors (Lipinski definition) is 1. The number of aromatic hydroxyl groups is 1. The minimum atomic E-state index is -0.449. The van der Waals surface area contributed by atoms with E-state index in [4.69, 9.17) is 4.42 Å². The van der Waals surface area contributed by atoms with E-state index < -0.39 is 5.63 Å². The molecule has 2 aromatic rings. The van der Waals surface area contributed by atoms with Crippen molar-refractivity contribution >= 4 is 16.8 Å². The van der Waals surface area contributed by atoms with Gasteiger partial charge in [0, 0.05) is 43.4 Å². The Balaban J connectivity index is 2.71. The van der Waals surface area contributed by atoms with Crippen LogP contribution in [0.4, 0.5) is 0 Å². The summed E-state index contributed by atoms with van der Waals surface area (Å²) in [6.07, 6.45) is 4.59. The molecule has 122 valence electrons. The van der Waals surface area contributed by atoms with Gasteiger partial charge < -0.3 is 14.4 Å². The lowest BCUT2D eigenvalue weighted by atomic mass is 9.97. The molecule has 1 aromatic heterocycles. The minimum Gasteiger partial charge on any atom is -0.507 e. The molecule has 5 nitrogen and oxygen atoms in total. The molecule has 0 saturated carbocycles. The second-order valence-electron chi connectivity index (χ2n) is 5.76. The van der Waals surface area contributed by atoms with Gasteiger partial charge >= 0.3 is 5.63 Å². The topological polar surface area (TPSA) is 70.7 Å². The van der Waals surface area contributed by atoms with Crippen LogP contribution in [0.5, 0.6) is 5.75 Å². The molecule has 0 atom stereocenters. The maximum Gasteiger partial charge on any atom is 0.336 e. The van der Waals surface area contributed by atoms with Crippen LogP contribution < -0.4 is 5.63 Å². The van der Waals surface area contributed by atoms with Crippen molar-refractivity contribution in [1.29, 1.82) is 0 Å². The first-order chi connectivity index (χ1) is 10.8. The van der Waals surface area contributed by atoms with Crippen LogP contribution in [0.15, 0.2) is 33.6 Å². The van der Waals surface area contributed by atoms with Gasteiger partial charge in [0.2, 0.25) is 0 Å². The van der Waals surface area contributed by atoms with Gasteiger partial charge in [0.25, 0.3) is 0 Å². The van der Waals surface area contributed by atoms with E-state index in [1.54, 1.807) is 24.1 Å². The Labute approximate surface area is 134 Å². The maximum absolute atomic E-state index is 12.3. The highest BCUT2D eigenvalue weighted by atomic mass is 16.4. The van der Waals surface area contributed by atoms with E-state index in [0.29, 0.717) is 23.0 Å². The summed E-state index contributed by atoms with van der Waals surface area (Å²) in [4.78, 5) is 25.8. The number of phenols is 1. The number of allylic oxidation sites excluding steroid dienone is 1. The van der Waals surface area contributed by atoms with Crippen molar-refractivity contribution in [3.63, 3.8) is 0 Å². The van der Waals surface area contributed by atoms with Gasteiger partial charge in [-0.1, -0.05) is 13.3 Å². The number of aryl methyl sites for hydroxylation is 2. The Hall–Kier alpha value is -2.56. The highest BCUT2D eigenvalue weighted by Crippen LogP contribution is 2.32. The standard InChI is InChI=1S/C18H21NO4/c1-5-6-12-9-16(21)23-18-11(2)17(22)14(10-13(12)18)15(20)7-8-19(3)4/h7-10,22H,5-6H2,1-4H3/b8-7-. The number of benzene rings is 1. The van der Waals surface area contributed by atoms with Crippen LogP contribution in [0, 0.1) is 6.92 Å². The van der Waals surface area contributed by atoms with Gasteiger partial charge in [-0.25, -0.2) is 4.79 Å². The zero-order valence-electron chi connectivity index (χ0n) is 13.8. The molecule has 1 heterocycles. The van der Waals surface area contributed by atoms with Crippen LogP contribution in [0.1, 0.15) is 34.8 Å². The summed E-state index contributed by atoms with van der Waals surface area (Å²) < 4.78 is 5.24. The fourth-order valence-corrected chi connectivity index (χ4v) is 2.48. The first-order valence-electron chi connectivity index (χ1n) is 7.53. The summed E-state index contributed by atoms with van der Waals surface area (Å²) in [6.45, 7) is 3.66. The fourth-order valence-electron chi connectivity index (χ4n) is 2.48. The van der Waals surface area contributed by atoms with Crippen molar-refractivity contribution in [2.75, 3.05) is 14.1 Å². The highest BCUT2D eigenvalue weighted by molar-refractivity contribution is 6.09. The lowest BCUT2D eigenvalue weighted by Gasteiger charge is -2.11. The Kier molecular flexibility index (Phi) is 4.89. The SMILES string of the molecule is CCCc1cc(=O)oc2c(C)c(O)c(C(=O)/C=C\N(C)C)cc12. The highest BCUT2D eigenvalue weighted by Gasteiger charge is 2.18. The van der Waals surface area contributed by atoms with Crippen LogP contribution in [0.3, 0.4) is 0 Å². The van der Waals surface area contributed by atoms with Gasteiger partial charge in [0.15, 0.2) is 5.78 Å². The molecule has 0 aliphatic carbocycles. The van der Waals surface area contributed by atoms with Gasteiger partial charge in [-0.15, -0.1) is 0 Å². The Bertz CT molecular complexity index is 831. The predicted molar refractivity (Wildman–Crippen MR) is 90.0 cm³/mol. The normalized spacial score (nSPS) is 11.3. The average molecular weight is 315 g/mol. The van der Waals surface area contributed by atoms with Crippen molar-refractivity contribution < 1.29 is 14.3 Å². The summed E-state index contributed by atoms with van der Waals surface area (Å²) in [5.41, 5.74) is 1.33. The minimum absolute atomic E-state index is 0.150. The van der Waals surface area contributed by atoms with Gasteiger partial charge in [0.1, 0.15) is 11.3 Å². The molecule has 23 heavy (non-hydrogen) atoms. The first-order valence-corrected chi connectivity index (χ1v) is 7.53. The number of phenolic OH excluding ortho intramolecular Hbond substituents is 1. The summed E-state index contributed by atoms with van der Waals surface area (Å²) in [7, 11) is 3.62. The van der Waals surface area contributed by atoms with Crippen LogP contribution in [0.25, 0.3) is 11.0 Å². The van der Waals surface area contributed by atoms with Crippen molar-refractivity contribution in [2.24, 2.45) is 0 Å². The summed E-state index contributed by atoms with van der Waals surface area (Å²) in [6, 6.07) is 3.06. The molecule has 2 rings (SSSR count). The number of rotatable bonds is 5. The first kappa shape index (κ1) is 16.8. The van der Waals surface area contributed by atoms with E-state index in [1.807, 2.05) is 21.0 Å². The van der Waals surface area contributed by atoms with E-state index in [2.05, 4.69) is 0 Å². The molecule has 0 fully saturated rings. The Morgan fingerprint density at radius 3 is 2.65 bits per heavy atom. The van der Waals surface area contributed by atoms with Crippen molar-refractivity contribution in [3.8, 4) is 5.75 Å². The Morgan fingerprint density at radius 2 is 2.04 bits per heavy atom. The van der Waals surface area contributed by atoms with Crippen molar-refractivity contribution in [2.45, 2.75) is 26.7 Å². The number of carbonyl (C=O) groups is 1. The molecule has 0 bridgehead atoms. The monoisotopic (exact) mass is 315 g/mol. The molecule has 0 amide bonds. The third kappa shape index (κ3) is 3.44. The van der Waals surface area contributed by atoms with Gasteiger partial charge in [-0.2, -0.15) is 0 Å². The smallest absolute Gasteiger partial charge is 0.336 e. The van der Waals surface area contributed by atoms with E-state index >= 15 is 0 Å². The van der Waals surface area contributed by atoms with Gasteiger partial charge in [-0.3, -0.25) is 4.79 Å². The summed E-state index contributed by atoms with van der Waals surface area (Å²) in [5.74, 6) is -0.447. The number of fused-ring (bicyclic) bond motifs is 1. The van der Waals surface area contributed by atoms with E-state index in [0.717, 1.165) is 12.0 Å². The largest absolute Gasteiger partial charge is 0.507 e. The maximum atomic E-state index is 12.3. The Morgan fingerprint density at radius 1 is 1.35 bits per heavy atom. The quantitative estimate of drug-likeness (QED) is 0.522. The van der Waals surface area contributed by atoms with Crippen LogP contribution >= 0.6 is 0 Å². The summed E-state index contributed by atoms with van der Waals surface area (Å²) in [5, 5.41) is 11.0. The fraction of sp³-hybridized carbons (Fsp3) is 0.333. The van der Waals surface area contributed by atoms with E-state index in [-0.39, 0.29) is 17.1 Å². The summed E-state index contributed by atoms with van der Waals surface area (Å²) >= 11 is 0. The van der Waals surface area contributed by atoms with E-state index in [1.165, 1.54) is 12.1 Å². The molecule has 0 radical (unpaired) electrons. The van der Waals surface area contributed by atoms with E-state index in [9.17, 15) is 14.7 Å². The molecule has 1 aromatic carbocycles. The predicted octanol–water partition coefficient (Wildman–Crippen LogP) is 3.02. The second kappa shape index (κ2) is 6.69. The van der Waals surface area contributed by atoms with Gasteiger partial charge in [0.05, 0.1) is 5.56 Å². The zero-order chi connectivity index (χ0) is 17.1. The third-order valence-electron chi connectivity index (χ3n) is 3.63. The van der Waals surface area contributed by atoms with Crippen LogP contribution in [-0.4, -0.2) is 29.9 Å². The number of hydrogen-bond acceptors (Lipinski definition) is 5. The van der Waals surface area contributed by atoms with Crippen molar-refractivity contribution in [1.82, 2.24) is 4.90 Å². The average Bonchev–Trinajstić information content (AvgIpc) is 2.49. The van der Waals surface area contributed by atoms with Gasteiger partial charge in [-0.05, 0) is 25.0 Å². The van der Waals surface area contributed by atoms with Crippen LogP contribution in [-0.2, 0) is 6.42 Å². The second-order valence-corrected chi connectivity index (χ2v) is 5.76. The molecule has 0 unspecified atom stereocenters. The third-order valence-corrected chi connectivity index (χ3v) is 3.63. The lowest BCUT2D eigenvalue weighted by Crippen LogP contribution is -2.06. The number of ketones is 1. The molecular weight excluding hydrogens is 294 g/mol. The number of carbonyl (C=O) groups excluding carboxylic acids is 1. The molecule has 0 saturated heterocycles. The zero-order valence-corrected chi connectivity index (χ0v) is 13.8.